The smallest absolute Gasteiger partial charge is 0.294 e. The second-order valence-electron chi connectivity index (χ2n) is 4.61. The number of amides is 2. The van der Waals surface area contributed by atoms with Gasteiger partial charge in [0.15, 0.2) is 5.78 Å². The van der Waals surface area contributed by atoms with Crippen LogP contribution in [0.3, 0.4) is 0 Å². The maximum Gasteiger partial charge on any atom is 0.373 e. The molecule has 8 heteroatoms. The number of halogens is 1. The molecule has 6 nitrogen and oxygen atoms in total. The number of allylic oxidation sites excluding steroid dienone is 1. The molecular formula is C15H10ClNO5S. The van der Waals surface area contributed by atoms with E-state index in [-0.39, 0.29) is 28.5 Å². The van der Waals surface area contributed by atoms with Gasteiger partial charge in [0.2, 0.25) is 0 Å². The highest BCUT2D eigenvalue weighted by Gasteiger charge is 2.40. The van der Waals surface area contributed by atoms with Crippen molar-refractivity contribution in [1.82, 2.24) is 4.90 Å². The van der Waals surface area contributed by atoms with Crippen LogP contribution in [0.4, 0.5) is 4.79 Å². The van der Waals surface area contributed by atoms with Gasteiger partial charge < -0.3 is 0 Å². The molecule has 1 saturated heterocycles. The minimum absolute atomic E-state index is 0.135. The number of rotatable bonds is 1. The van der Waals surface area contributed by atoms with E-state index in [0.29, 0.717) is 22.7 Å². The summed E-state index contributed by atoms with van der Waals surface area (Å²) in [5, 5.41) is 0.175. The van der Waals surface area contributed by atoms with E-state index in [1.165, 1.54) is 0 Å². The minimum atomic E-state index is -0.390. The zero-order chi connectivity index (χ0) is 17.1. The number of thioether (sulfide) groups is 1. The van der Waals surface area contributed by atoms with Crippen LogP contribution in [0, 0.1) is 0 Å². The maximum absolute atomic E-state index is 12.2. The van der Waals surface area contributed by atoms with Crippen LogP contribution in [0.2, 0.25) is 5.02 Å². The summed E-state index contributed by atoms with van der Waals surface area (Å²) >= 11 is 6.79. The first-order valence-corrected chi connectivity index (χ1v) is 7.73. The van der Waals surface area contributed by atoms with Gasteiger partial charge in [-0.05, 0) is 41.9 Å². The molecule has 0 radical (unpaired) electrons. The number of fused-ring (bicyclic) bond motifs is 1. The molecule has 0 unspecified atom stereocenters. The molecule has 23 heavy (non-hydrogen) atoms. The Labute approximate surface area is 140 Å². The number of ketones is 1. The number of carbonyl (C=O) groups excluding carboxylic acids is 5. The summed E-state index contributed by atoms with van der Waals surface area (Å²) in [6.07, 6.45) is 0.499. The molecule has 2 aliphatic rings. The van der Waals surface area contributed by atoms with E-state index >= 15 is 0 Å². The highest BCUT2D eigenvalue weighted by Crippen LogP contribution is 2.41. The molecule has 1 fully saturated rings. The van der Waals surface area contributed by atoms with Crippen molar-refractivity contribution >= 4 is 52.0 Å². The van der Waals surface area contributed by atoms with E-state index in [4.69, 9.17) is 21.2 Å². The molecule has 0 atom stereocenters. The third kappa shape index (κ3) is 3.12. The molecule has 0 N–H and O–H groups in total. The summed E-state index contributed by atoms with van der Waals surface area (Å²) in [5.41, 5.74) is 1.85. The predicted octanol–water partition coefficient (Wildman–Crippen LogP) is 2.31. The molecule has 2 amide bonds. The fraction of sp³-hybridized carbons (Fsp3) is 0.200. The number of imide groups is 1. The molecule has 0 bridgehead atoms. The third-order valence-electron chi connectivity index (χ3n) is 3.36. The fourth-order valence-corrected chi connectivity index (χ4v) is 3.61. The molecule has 118 valence electrons. The van der Waals surface area contributed by atoms with Crippen molar-refractivity contribution in [1.29, 1.82) is 0 Å². The van der Waals surface area contributed by atoms with E-state index in [2.05, 4.69) is 0 Å². The molecule has 0 aromatic heterocycles. The Hall–Kier alpha value is -2.21. The van der Waals surface area contributed by atoms with Gasteiger partial charge in [0, 0.05) is 23.6 Å². The predicted molar refractivity (Wildman–Crippen MR) is 82.5 cm³/mol. The Bertz CT molecular complexity index is 780. The topological polar surface area (TPSA) is 88.6 Å². The van der Waals surface area contributed by atoms with Crippen LogP contribution in [0.15, 0.2) is 23.1 Å². The first-order valence-electron chi connectivity index (χ1n) is 6.53. The van der Waals surface area contributed by atoms with E-state index < -0.39 is 5.91 Å². The standard InChI is InChI=1S/C14H10ClNO3S.CO2/c1-2-16-13(18)12(20-14(16)19)11-9-6-8(15)4-3-7(9)5-10(11)17;2-1-3/h3-4,6H,2,5H2,1H3;/b12-11-;. The summed E-state index contributed by atoms with van der Waals surface area (Å²) in [6, 6.07) is 5.18. The number of likely N-dealkylation sites (N-methyl/N-ethyl adjacent to an activating group) is 1. The second kappa shape index (κ2) is 6.91. The lowest BCUT2D eigenvalue weighted by Crippen LogP contribution is -2.27. The summed E-state index contributed by atoms with van der Waals surface area (Å²) in [6.45, 7) is 2.03. The number of hydrogen-bond donors (Lipinski definition) is 0. The quantitative estimate of drug-likeness (QED) is 0.721. The number of Topliss-reactive ketones (excluding diaryl/α,β-unsaturated/α-hetero) is 1. The molecule has 0 spiro atoms. The maximum atomic E-state index is 12.2. The van der Waals surface area contributed by atoms with Crippen molar-refractivity contribution in [2.45, 2.75) is 13.3 Å². The second-order valence-corrected chi connectivity index (χ2v) is 6.00. The summed E-state index contributed by atoms with van der Waals surface area (Å²) in [5.74, 6) is -0.525. The SMILES string of the molecule is CCN1C(=O)S/C(=C2\C(=O)Cc3ccc(Cl)cc32)C1=O.O=C=O. The van der Waals surface area contributed by atoms with Crippen molar-refractivity contribution in [3.05, 3.63) is 39.3 Å². The monoisotopic (exact) mass is 351 g/mol. The summed E-state index contributed by atoms with van der Waals surface area (Å²) < 4.78 is 0. The summed E-state index contributed by atoms with van der Waals surface area (Å²) in [7, 11) is 0. The van der Waals surface area contributed by atoms with Gasteiger partial charge >= 0.3 is 6.15 Å². The highest BCUT2D eigenvalue weighted by atomic mass is 35.5. The lowest BCUT2D eigenvalue weighted by Gasteiger charge is -2.08. The third-order valence-corrected chi connectivity index (χ3v) is 4.58. The largest absolute Gasteiger partial charge is 0.373 e. The zero-order valence-corrected chi connectivity index (χ0v) is 13.5. The number of nitrogens with zero attached hydrogens (tertiary/aromatic N) is 1. The van der Waals surface area contributed by atoms with Crippen LogP contribution < -0.4 is 0 Å². The molecule has 1 aromatic carbocycles. The van der Waals surface area contributed by atoms with E-state index in [1.807, 2.05) is 0 Å². The Kier molecular flexibility index (Phi) is 5.15. The van der Waals surface area contributed by atoms with Crippen molar-refractivity contribution in [2.75, 3.05) is 6.54 Å². The van der Waals surface area contributed by atoms with Crippen LogP contribution in [0.5, 0.6) is 0 Å². The molecule has 1 aliphatic carbocycles. The average Bonchev–Trinajstić information content (AvgIpc) is 2.95. The number of benzene rings is 1. The molecule has 0 saturated carbocycles. The van der Waals surface area contributed by atoms with Crippen molar-refractivity contribution in [3.63, 3.8) is 0 Å². The van der Waals surface area contributed by atoms with E-state index in [0.717, 1.165) is 22.2 Å². The Morgan fingerprint density at radius 2 is 1.91 bits per heavy atom. The Balaban J connectivity index is 0.000000595. The van der Waals surface area contributed by atoms with Gasteiger partial charge in [0.1, 0.15) is 0 Å². The minimum Gasteiger partial charge on any atom is -0.294 e. The van der Waals surface area contributed by atoms with Crippen molar-refractivity contribution < 1.29 is 24.0 Å². The fourth-order valence-electron chi connectivity index (χ4n) is 2.42. The van der Waals surface area contributed by atoms with Gasteiger partial charge in [-0.25, -0.2) is 0 Å². The average molecular weight is 352 g/mol. The zero-order valence-electron chi connectivity index (χ0n) is 11.9. The lowest BCUT2D eigenvalue weighted by atomic mass is 10.1. The normalized spacial score (nSPS) is 19.4. The van der Waals surface area contributed by atoms with Crippen LogP contribution in [0.1, 0.15) is 18.1 Å². The first kappa shape index (κ1) is 17.1. The molecule has 1 aromatic rings. The van der Waals surface area contributed by atoms with Crippen LogP contribution >= 0.6 is 23.4 Å². The van der Waals surface area contributed by atoms with Crippen LogP contribution in [-0.2, 0) is 25.6 Å². The first-order chi connectivity index (χ1) is 10.9. The Morgan fingerprint density at radius 3 is 2.48 bits per heavy atom. The number of carbonyl (C=O) groups is 3. The molecular weight excluding hydrogens is 342 g/mol. The van der Waals surface area contributed by atoms with Crippen LogP contribution in [-0.4, -0.2) is 34.5 Å². The Morgan fingerprint density at radius 1 is 1.26 bits per heavy atom. The molecule has 1 heterocycles. The van der Waals surface area contributed by atoms with Gasteiger partial charge in [-0.15, -0.1) is 0 Å². The van der Waals surface area contributed by atoms with E-state index in [1.54, 1.807) is 25.1 Å². The van der Waals surface area contributed by atoms with Crippen LogP contribution in [0.25, 0.3) is 5.57 Å². The van der Waals surface area contributed by atoms with Gasteiger partial charge in [-0.1, -0.05) is 17.7 Å². The highest BCUT2D eigenvalue weighted by molar-refractivity contribution is 8.18. The number of hydrogen-bond acceptors (Lipinski definition) is 6. The van der Waals surface area contributed by atoms with Gasteiger partial charge in [-0.2, -0.15) is 9.59 Å². The van der Waals surface area contributed by atoms with Crippen molar-refractivity contribution in [2.24, 2.45) is 0 Å². The van der Waals surface area contributed by atoms with Gasteiger partial charge in [0.05, 0.1) is 4.91 Å². The van der Waals surface area contributed by atoms with Gasteiger partial charge in [0.25, 0.3) is 11.1 Å². The molecule has 3 rings (SSSR count). The van der Waals surface area contributed by atoms with E-state index in [9.17, 15) is 14.4 Å². The van der Waals surface area contributed by atoms with Crippen molar-refractivity contribution in [3.8, 4) is 0 Å². The lowest BCUT2D eigenvalue weighted by molar-refractivity contribution is -0.191. The summed E-state index contributed by atoms with van der Waals surface area (Å²) in [4.78, 5) is 53.8. The van der Waals surface area contributed by atoms with Gasteiger partial charge in [-0.3, -0.25) is 19.3 Å². The molecule has 1 aliphatic heterocycles.